The molecule has 0 atom stereocenters. The SMILES string of the molecule is CCSc1ccccc1C(=O)NCc1cc(-c2ccccc2F)on1. The number of hydrogen-bond donors (Lipinski definition) is 1. The molecule has 0 saturated carbocycles. The van der Waals surface area contributed by atoms with Crippen LogP contribution in [0.25, 0.3) is 11.3 Å². The third kappa shape index (κ3) is 4.09. The van der Waals surface area contributed by atoms with Gasteiger partial charge in [0, 0.05) is 11.0 Å². The maximum absolute atomic E-state index is 13.8. The van der Waals surface area contributed by atoms with Crippen molar-refractivity contribution in [1.29, 1.82) is 0 Å². The van der Waals surface area contributed by atoms with Gasteiger partial charge < -0.3 is 9.84 Å². The Labute approximate surface area is 149 Å². The Morgan fingerprint density at radius 1 is 1.20 bits per heavy atom. The van der Waals surface area contributed by atoms with E-state index in [9.17, 15) is 9.18 Å². The second-order valence-electron chi connectivity index (χ2n) is 5.27. The zero-order valence-corrected chi connectivity index (χ0v) is 14.5. The molecule has 0 unspecified atom stereocenters. The number of benzene rings is 2. The molecule has 25 heavy (non-hydrogen) atoms. The number of halogens is 1. The number of thioether (sulfide) groups is 1. The van der Waals surface area contributed by atoms with E-state index in [0.29, 0.717) is 22.6 Å². The molecule has 4 nitrogen and oxygen atoms in total. The van der Waals surface area contributed by atoms with E-state index in [4.69, 9.17) is 4.52 Å². The van der Waals surface area contributed by atoms with Crippen molar-refractivity contribution in [3.63, 3.8) is 0 Å². The van der Waals surface area contributed by atoms with Gasteiger partial charge in [0.1, 0.15) is 11.5 Å². The molecule has 1 amide bonds. The van der Waals surface area contributed by atoms with E-state index in [1.54, 1.807) is 42.1 Å². The van der Waals surface area contributed by atoms with E-state index in [-0.39, 0.29) is 18.3 Å². The van der Waals surface area contributed by atoms with Crippen molar-refractivity contribution in [2.75, 3.05) is 5.75 Å². The molecule has 0 radical (unpaired) electrons. The van der Waals surface area contributed by atoms with Gasteiger partial charge in [-0.25, -0.2) is 4.39 Å². The van der Waals surface area contributed by atoms with Crippen molar-refractivity contribution in [3.8, 4) is 11.3 Å². The molecule has 3 rings (SSSR count). The van der Waals surface area contributed by atoms with Crippen molar-refractivity contribution < 1.29 is 13.7 Å². The Morgan fingerprint density at radius 3 is 2.76 bits per heavy atom. The van der Waals surface area contributed by atoms with Crippen LogP contribution in [-0.2, 0) is 6.54 Å². The fourth-order valence-corrected chi connectivity index (χ4v) is 3.19. The highest BCUT2D eigenvalue weighted by Crippen LogP contribution is 2.24. The molecule has 1 heterocycles. The van der Waals surface area contributed by atoms with Crippen molar-refractivity contribution in [1.82, 2.24) is 10.5 Å². The zero-order valence-electron chi connectivity index (χ0n) is 13.7. The van der Waals surface area contributed by atoms with Crippen molar-refractivity contribution >= 4 is 17.7 Å². The average molecular weight is 356 g/mol. The van der Waals surface area contributed by atoms with Crippen LogP contribution in [0.4, 0.5) is 4.39 Å². The van der Waals surface area contributed by atoms with Crippen LogP contribution < -0.4 is 5.32 Å². The molecule has 0 aliphatic rings. The van der Waals surface area contributed by atoms with Crippen LogP contribution in [0.1, 0.15) is 23.0 Å². The summed E-state index contributed by atoms with van der Waals surface area (Å²) in [7, 11) is 0. The minimum absolute atomic E-state index is 0.174. The lowest BCUT2D eigenvalue weighted by atomic mass is 10.1. The van der Waals surface area contributed by atoms with E-state index < -0.39 is 0 Å². The highest BCUT2D eigenvalue weighted by molar-refractivity contribution is 7.99. The van der Waals surface area contributed by atoms with Crippen LogP contribution in [0, 0.1) is 5.82 Å². The second kappa shape index (κ2) is 7.98. The molecule has 1 aromatic heterocycles. The molecule has 0 bridgehead atoms. The van der Waals surface area contributed by atoms with Crippen LogP contribution in [0.15, 0.2) is 64.0 Å². The number of hydrogen-bond acceptors (Lipinski definition) is 4. The summed E-state index contributed by atoms with van der Waals surface area (Å²) >= 11 is 1.62. The van der Waals surface area contributed by atoms with Gasteiger partial charge in [0.05, 0.1) is 17.7 Å². The Kier molecular flexibility index (Phi) is 5.50. The number of amides is 1. The molecular weight excluding hydrogens is 339 g/mol. The molecule has 0 fully saturated rings. The first-order chi connectivity index (χ1) is 12.2. The van der Waals surface area contributed by atoms with Crippen molar-refractivity contribution in [3.05, 3.63) is 71.7 Å². The van der Waals surface area contributed by atoms with Crippen LogP contribution in [0.3, 0.4) is 0 Å². The van der Waals surface area contributed by atoms with E-state index >= 15 is 0 Å². The molecule has 1 N–H and O–H groups in total. The molecule has 2 aromatic carbocycles. The van der Waals surface area contributed by atoms with Gasteiger partial charge in [0.25, 0.3) is 5.91 Å². The molecule has 3 aromatic rings. The molecule has 6 heteroatoms. The lowest BCUT2D eigenvalue weighted by Gasteiger charge is -2.08. The summed E-state index contributed by atoms with van der Waals surface area (Å²) in [6, 6.07) is 15.4. The first-order valence-electron chi connectivity index (χ1n) is 7.89. The van der Waals surface area contributed by atoms with Gasteiger partial charge in [-0.05, 0) is 30.0 Å². The molecule has 0 spiro atoms. The van der Waals surface area contributed by atoms with Crippen molar-refractivity contribution in [2.24, 2.45) is 0 Å². The number of carbonyl (C=O) groups excluding carboxylic acids is 1. The number of nitrogens with one attached hydrogen (secondary N) is 1. The average Bonchev–Trinajstić information content (AvgIpc) is 3.09. The lowest BCUT2D eigenvalue weighted by Crippen LogP contribution is -2.23. The monoisotopic (exact) mass is 356 g/mol. The van der Waals surface area contributed by atoms with Crippen LogP contribution in [0.5, 0.6) is 0 Å². The van der Waals surface area contributed by atoms with Gasteiger partial charge in [-0.2, -0.15) is 0 Å². The molecule has 0 aliphatic carbocycles. The molecule has 0 saturated heterocycles. The summed E-state index contributed by atoms with van der Waals surface area (Å²) in [6.07, 6.45) is 0. The predicted octanol–water partition coefficient (Wildman–Crippen LogP) is 4.52. The summed E-state index contributed by atoms with van der Waals surface area (Å²) in [5, 5.41) is 6.72. The number of carbonyl (C=O) groups is 1. The lowest BCUT2D eigenvalue weighted by molar-refractivity contribution is 0.0947. The normalized spacial score (nSPS) is 10.6. The van der Waals surface area contributed by atoms with Crippen molar-refractivity contribution in [2.45, 2.75) is 18.4 Å². The second-order valence-corrected chi connectivity index (χ2v) is 6.58. The smallest absolute Gasteiger partial charge is 0.252 e. The standard InChI is InChI=1S/C19H17FN2O2S/c1-2-25-18-10-6-4-8-15(18)19(23)21-12-13-11-17(24-22-13)14-7-3-5-9-16(14)20/h3-11H,2,12H2,1H3,(H,21,23). The Bertz CT molecular complexity index is 879. The van der Waals surface area contributed by atoms with Gasteiger partial charge in [-0.3, -0.25) is 4.79 Å². The Balaban J connectivity index is 1.69. The molecule has 128 valence electrons. The summed E-state index contributed by atoms with van der Waals surface area (Å²) in [4.78, 5) is 13.3. The zero-order chi connectivity index (χ0) is 17.6. The first-order valence-corrected chi connectivity index (χ1v) is 8.88. The summed E-state index contributed by atoms with van der Waals surface area (Å²) in [6.45, 7) is 2.25. The highest BCUT2D eigenvalue weighted by Gasteiger charge is 2.13. The molecule has 0 aliphatic heterocycles. The Morgan fingerprint density at radius 2 is 1.96 bits per heavy atom. The quantitative estimate of drug-likeness (QED) is 0.660. The maximum atomic E-state index is 13.8. The third-order valence-electron chi connectivity index (χ3n) is 3.56. The number of rotatable bonds is 6. The third-order valence-corrected chi connectivity index (χ3v) is 4.52. The van der Waals surface area contributed by atoms with Gasteiger partial charge in [-0.15, -0.1) is 11.8 Å². The minimum Gasteiger partial charge on any atom is -0.356 e. The summed E-state index contributed by atoms with van der Waals surface area (Å²) in [5.41, 5.74) is 1.51. The fraction of sp³-hybridized carbons (Fsp3) is 0.158. The largest absolute Gasteiger partial charge is 0.356 e. The fourth-order valence-electron chi connectivity index (χ4n) is 2.38. The summed E-state index contributed by atoms with van der Waals surface area (Å²) in [5.74, 6) is 0.676. The van der Waals surface area contributed by atoms with E-state index in [1.807, 2.05) is 25.1 Å². The first kappa shape index (κ1) is 17.2. The van der Waals surface area contributed by atoms with E-state index in [2.05, 4.69) is 10.5 Å². The Hall–Kier alpha value is -2.60. The van der Waals surface area contributed by atoms with E-state index in [1.165, 1.54) is 6.07 Å². The predicted molar refractivity (Wildman–Crippen MR) is 95.9 cm³/mol. The highest BCUT2D eigenvalue weighted by atomic mass is 32.2. The van der Waals surface area contributed by atoms with E-state index in [0.717, 1.165) is 10.6 Å². The van der Waals surface area contributed by atoms with Gasteiger partial charge in [0.2, 0.25) is 0 Å². The number of nitrogens with zero attached hydrogens (tertiary/aromatic N) is 1. The van der Waals surface area contributed by atoms with Gasteiger partial charge in [0.15, 0.2) is 5.76 Å². The van der Waals surface area contributed by atoms with Gasteiger partial charge in [-0.1, -0.05) is 36.3 Å². The van der Waals surface area contributed by atoms with Crippen LogP contribution in [-0.4, -0.2) is 16.8 Å². The minimum atomic E-state index is -0.375. The topological polar surface area (TPSA) is 55.1 Å². The molecular formula is C19H17FN2O2S. The summed E-state index contributed by atoms with van der Waals surface area (Å²) < 4.78 is 19.0. The van der Waals surface area contributed by atoms with Gasteiger partial charge >= 0.3 is 0 Å². The van der Waals surface area contributed by atoms with Crippen LogP contribution in [0.2, 0.25) is 0 Å². The maximum Gasteiger partial charge on any atom is 0.252 e. The van der Waals surface area contributed by atoms with Crippen LogP contribution >= 0.6 is 11.8 Å². The number of aromatic nitrogens is 1.